The standard InChI is InChI=1S/C19H18ClN5/c1-12-6-7-14(20)10-15(12)24-18-17(21)19(23-11-22-18)25-9-8-13-4-2-3-5-16(13)25/h2-7,10-11H,8-9,21H2,1H3,(H,22,23,24). The molecule has 4 rings (SSSR count). The van der Waals surface area contributed by atoms with Crippen LogP contribution in [0.5, 0.6) is 0 Å². The number of hydrogen-bond donors (Lipinski definition) is 2. The van der Waals surface area contributed by atoms with Crippen LogP contribution >= 0.6 is 11.6 Å². The zero-order valence-electron chi connectivity index (χ0n) is 13.8. The Morgan fingerprint density at radius 3 is 2.88 bits per heavy atom. The molecule has 1 aromatic heterocycles. The minimum absolute atomic E-state index is 0.526. The number of para-hydroxylation sites is 1. The summed E-state index contributed by atoms with van der Waals surface area (Å²) in [5.41, 5.74) is 11.3. The van der Waals surface area contributed by atoms with E-state index in [0.29, 0.717) is 16.5 Å². The van der Waals surface area contributed by atoms with Gasteiger partial charge in [0.15, 0.2) is 11.6 Å². The van der Waals surface area contributed by atoms with Gasteiger partial charge >= 0.3 is 0 Å². The fourth-order valence-electron chi connectivity index (χ4n) is 3.12. The van der Waals surface area contributed by atoms with E-state index < -0.39 is 0 Å². The zero-order valence-corrected chi connectivity index (χ0v) is 14.6. The van der Waals surface area contributed by atoms with Crippen molar-refractivity contribution in [2.24, 2.45) is 0 Å². The van der Waals surface area contributed by atoms with Gasteiger partial charge in [-0.05, 0) is 42.7 Å². The lowest BCUT2D eigenvalue weighted by atomic mass is 10.2. The fraction of sp³-hybridized carbons (Fsp3) is 0.158. The van der Waals surface area contributed by atoms with Crippen LogP contribution in [0.2, 0.25) is 5.02 Å². The summed E-state index contributed by atoms with van der Waals surface area (Å²) in [7, 11) is 0. The maximum absolute atomic E-state index is 6.39. The number of hydrogen-bond acceptors (Lipinski definition) is 5. The molecule has 0 amide bonds. The summed E-state index contributed by atoms with van der Waals surface area (Å²) in [5.74, 6) is 1.31. The normalized spacial score (nSPS) is 13.0. The monoisotopic (exact) mass is 351 g/mol. The number of aromatic nitrogens is 2. The van der Waals surface area contributed by atoms with E-state index in [1.165, 1.54) is 11.9 Å². The topological polar surface area (TPSA) is 67.1 Å². The number of rotatable bonds is 3. The zero-order chi connectivity index (χ0) is 17.4. The SMILES string of the molecule is Cc1ccc(Cl)cc1Nc1ncnc(N2CCc3ccccc32)c1N. The number of nitrogens with one attached hydrogen (secondary N) is 1. The first kappa shape index (κ1) is 15.7. The van der Waals surface area contributed by atoms with E-state index in [1.807, 2.05) is 31.2 Å². The molecular formula is C19H18ClN5. The minimum Gasteiger partial charge on any atom is -0.393 e. The van der Waals surface area contributed by atoms with Crippen molar-refractivity contribution in [1.29, 1.82) is 0 Å². The molecule has 3 N–H and O–H groups in total. The van der Waals surface area contributed by atoms with Crippen molar-refractivity contribution in [1.82, 2.24) is 9.97 Å². The molecule has 0 fully saturated rings. The lowest BCUT2D eigenvalue weighted by Crippen LogP contribution is -2.17. The largest absolute Gasteiger partial charge is 0.393 e. The van der Waals surface area contributed by atoms with Crippen LogP contribution < -0.4 is 16.0 Å². The van der Waals surface area contributed by atoms with Gasteiger partial charge in [0.25, 0.3) is 0 Å². The fourth-order valence-corrected chi connectivity index (χ4v) is 3.29. The molecule has 2 heterocycles. The Labute approximate surface area is 151 Å². The number of anilines is 5. The molecule has 25 heavy (non-hydrogen) atoms. The third-order valence-corrected chi connectivity index (χ3v) is 4.69. The Kier molecular flexibility index (Phi) is 3.93. The first-order chi connectivity index (χ1) is 12.1. The predicted octanol–water partition coefficient (Wildman–Crippen LogP) is 4.46. The van der Waals surface area contributed by atoms with E-state index in [-0.39, 0.29) is 0 Å². The highest BCUT2D eigenvalue weighted by molar-refractivity contribution is 6.30. The van der Waals surface area contributed by atoms with Crippen LogP contribution in [0.1, 0.15) is 11.1 Å². The molecule has 0 spiro atoms. The van der Waals surface area contributed by atoms with Crippen LogP contribution in [-0.4, -0.2) is 16.5 Å². The van der Waals surface area contributed by atoms with Gasteiger partial charge in [-0.3, -0.25) is 0 Å². The average molecular weight is 352 g/mol. The highest BCUT2D eigenvalue weighted by atomic mass is 35.5. The summed E-state index contributed by atoms with van der Waals surface area (Å²) in [5, 5.41) is 3.94. The second-order valence-corrected chi connectivity index (χ2v) is 6.51. The van der Waals surface area contributed by atoms with Gasteiger partial charge in [0.2, 0.25) is 0 Å². The summed E-state index contributed by atoms with van der Waals surface area (Å²) < 4.78 is 0. The van der Waals surface area contributed by atoms with E-state index in [1.54, 1.807) is 0 Å². The number of halogens is 1. The van der Waals surface area contributed by atoms with Crippen molar-refractivity contribution in [3.8, 4) is 0 Å². The molecule has 0 saturated heterocycles. The number of aryl methyl sites for hydroxylation is 1. The number of nitrogens with zero attached hydrogens (tertiary/aromatic N) is 3. The van der Waals surface area contributed by atoms with Crippen LogP contribution in [0.25, 0.3) is 0 Å². The van der Waals surface area contributed by atoms with E-state index in [0.717, 1.165) is 35.7 Å². The van der Waals surface area contributed by atoms with E-state index in [9.17, 15) is 0 Å². The lowest BCUT2D eigenvalue weighted by molar-refractivity contribution is 0.967. The van der Waals surface area contributed by atoms with Crippen molar-refractivity contribution in [3.05, 3.63) is 64.9 Å². The Balaban J connectivity index is 1.71. The maximum Gasteiger partial charge on any atom is 0.161 e. The molecule has 0 radical (unpaired) electrons. The number of nitrogen functional groups attached to an aromatic ring is 1. The lowest BCUT2D eigenvalue weighted by Gasteiger charge is -2.21. The first-order valence-electron chi connectivity index (χ1n) is 8.12. The van der Waals surface area contributed by atoms with Crippen molar-refractivity contribution < 1.29 is 0 Å². The van der Waals surface area contributed by atoms with E-state index in [4.69, 9.17) is 17.3 Å². The van der Waals surface area contributed by atoms with Gasteiger partial charge in [0.1, 0.15) is 12.0 Å². The molecule has 0 bridgehead atoms. The van der Waals surface area contributed by atoms with Gasteiger partial charge in [-0.15, -0.1) is 0 Å². The third kappa shape index (κ3) is 2.87. The summed E-state index contributed by atoms with van der Waals surface area (Å²) in [6, 6.07) is 14.0. The molecule has 0 unspecified atom stereocenters. The summed E-state index contributed by atoms with van der Waals surface area (Å²) in [6.07, 6.45) is 2.52. The molecule has 2 aromatic carbocycles. The van der Waals surface area contributed by atoms with Crippen molar-refractivity contribution in [2.45, 2.75) is 13.3 Å². The van der Waals surface area contributed by atoms with E-state index >= 15 is 0 Å². The van der Waals surface area contributed by atoms with Crippen molar-refractivity contribution in [2.75, 3.05) is 22.5 Å². The van der Waals surface area contributed by atoms with Gasteiger partial charge in [0.05, 0.1) is 0 Å². The van der Waals surface area contributed by atoms with Gasteiger partial charge < -0.3 is 16.0 Å². The Morgan fingerprint density at radius 2 is 2.00 bits per heavy atom. The molecule has 0 saturated carbocycles. The van der Waals surface area contributed by atoms with Gasteiger partial charge in [0, 0.05) is 22.9 Å². The molecule has 3 aromatic rings. The highest BCUT2D eigenvalue weighted by Crippen LogP contribution is 2.38. The Morgan fingerprint density at radius 1 is 1.16 bits per heavy atom. The van der Waals surface area contributed by atoms with Crippen molar-refractivity contribution >= 4 is 40.3 Å². The number of nitrogens with two attached hydrogens (primary N) is 1. The summed E-state index contributed by atoms with van der Waals surface area (Å²) >= 11 is 6.10. The molecule has 5 nitrogen and oxygen atoms in total. The highest BCUT2D eigenvalue weighted by Gasteiger charge is 2.24. The van der Waals surface area contributed by atoms with Crippen LogP contribution in [0, 0.1) is 6.92 Å². The second-order valence-electron chi connectivity index (χ2n) is 6.07. The molecule has 6 heteroatoms. The van der Waals surface area contributed by atoms with Crippen LogP contribution in [-0.2, 0) is 6.42 Å². The number of benzene rings is 2. The van der Waals surface area contributed by atoms with Crippen LogP contribution in [0.4, 0.5) is 28.7 Å². The molecule has 1 aliphatic rings. The molecule has 126 valence electrons. The quantitative estimate of drug-likeness (QED) is 0.729. The third-order valence-electron chi connectivity index (χ3n) is 4.46. The Hall–Kier alpha value is -2.79. The van der Waals surface area contributed by atoms with Gasteiger partial charge in [-0.2, -0.15) is 0 Å². The predicted molar refractivity (Wildman–Crippen MR) is 103 cm³/mol. The van der Waals surface area contributed by atoms with E-state index in [2.05, 4.69) is 38.4 Å². The molecular weight excluding hydrogens is 334 g/mol. The minimum atomic E-state index is 0.526. The smallest absolute Gasteiger partial charge is 0.161 e. The van der Waals surface area contributed by atoms with Gasteiger partial charge in [-0.1, -0.05) is 35.9 Å². The van der Waals surface area contributed by atoms with Crippen molar-refractivity contribution in [3.63, 3.8) is 0 Å². The molecule has 1 aliphatic heterocycles. The molecule has 0 atom stereocenters. The number of fused-ring (bicyclic) bond motifs is 1. The maximum atomic E-state index is 6.39. The van der Waals surface area contributed by atoms with Gasteiger partial charge in [-0.25, -0.2) is 9.97 Å². The first-order valence-corrected chi connectivity index (χ1v) is 8.50. The van der Waals surface area contributed by atoms with Crippen LogP contribution in [0.15, 0.2) is 48.8 Å². The average Bonchev–Trinajstić information content (AvgIpc) is 3.04. The summed E-state index contributed by atoms with van der Waals surface area (Å²) in [6.45, 7) is 2.86. The summed E-state index contributed by atoms with van der Waals surface area (Å²) in [4.78, 5) is 10.9. The molecule has 0 aliphatic carbocycles. The second kappa shape index (κ2) is 6.26. The van der Waals surface area contributed by atoms with Crippen LogP contribution in [0.3, 0.4) is 0 Å². The Bertz CT molecular complexity index is 941.